The molecule has 8 nitrogen and oxygen atoms in total. The van der Waals surface area contributed by atoms with Crippen LogP contribution in [0.25, 0.3) is 198 Å². The lowest BCUT2D eigenvalue weighted by Crippen LogP contribution is -2.13. The Hall–Kier alpha value is -15.4. The van der Waals surface area contributed by atoms with Crippen LogP contribution in [-0.4, -0.2) is 19.1 Å². The molecule has 0 saturated heterocycles. The van der Waals surface area contributed by atoms with Crippen molar-refractivity contribution in [1.82, 2.24) is 19.1 Å². The van der Waals surface area contributed by atoms with Crippen LogP contribution in [0.5, 0.6) is 0 Å². The van der Waals surface area contributed by atoms with Crippen LogP contribution in [0.1, 0.15) is 74.9 Å². The fourth-order valence-electron chi connectivity index (χ4n) is 20.5. The Morgan fingerprint density at radius 2 is 0.690 bits per heavy atom. The summed E-state index contributed by atoms with van der Waals surface area (Å²) in [4.78, 5) is 16.4. The number of furan rings is 2. The van der Waals surface area contributed by atoms with Crippen molar-refractivity contribution in [3.05, 3.63) is 385 Å². The average Bonchev–Trinajstić information content (AvgIpc) is 1.28. The number of anilines is 6. The third-order valence-electron chi connectivity index (χ3n) is 26.8. The minimum absolute atomic E-state index is 0.00216. The Kier molecular flexibility index (Phi) is 16.6. The minimum atomic E-state index is -0.0438. The lowest BCUT2D eigenvalue weighted by molar-refractivity contribution is 0.590. The molecule has 0 radical (unpaired) electrons. The molecule has 0 aliphatic heterocycles. The van der Waals surface area contributed by atoms with Gasteiger partial charge < -0.3 is 18.6 Å². The number of fused-ring (bicyclic) bond motifs is 18. The monoisotopic (exact) mass is 1620 g/mol. The summed E-state index contributed by atoms with van der Waals surface area (Å²) >= 11 is 0. The zero-order valence-electron chi connectivity index (χ0n) is 72.0. The smallest absolute Gasteiger partial charge is 0.159 e. The Balaban J connectivity index is 0.645. The van der Waals surface area contributed by atoms with E-state index in [0.29, 0.717) is 0 Å². The van der Waals surface area contributed by atoms with E-state index in [1.165, 1.54) is 43.6 Å². The molecular formula is C118H88N6O2. The van der Waals surface area contributed by atoms with Crippen LogP contribution < -0.4 is 9.80 Å². The fourth-order valence-corrected chi connectivity index (χ4v) is 20.5. The van der Waals surface area contributed by atoms with E-state index < -0.39 is 0 Å². The number of imidazole rings is 2. The molecule has 8 heteroatoms. The van der Waals surface area contributed by atoms with Gasteiger partial charge in [-0.3, -0.25) is 9.13 Å². The minimum Gasteiger partial charge on any atom is -0.454 e. The number of aromatic nitrogens is 4. The quantitative estimate of drug-likeness (QED) is 0.114. The summed E-state index contributed by atoms with van der Waals surface area (Å²) < 4.78 is 18.8. The molecule has 0 fully saturated rings. The van der Waals surface area contributed by atoms with E-state index in [4.69, 9.17) is 18.8 Å². The zero-order chi connectivity index (χ0) is 84.9. The highest BCUT2D eigenvalue weighted by atomic mass is 16.3. The van der Waals surface area contributed by atoms with Crippen molar-refractivity contribution in [3.63, 3.8) is 0 Å². The third-order valence-corrected chi connectivity index (χ3v) is 26.8. The van der Waals surface area contributed by atoms with E-state index in [1.54, 1.807) is 0 Å². The first-order valence-corrected chi connectivity index (χ1v) is 43.8. The van der Waals surface area contributed by atoms with Crippen molar-refractivity contribution in [1.29, 1.82) is 0 Å². The van der Waals surface area contributed by atoms with Gasteiger partial charge in [-0.25, -0.2) is 9.97 Å². The lowest BCUT2D eigenvalue weighted by atomic mass is 9.86. The summed E-state index contributed by atoms with van der Waals surface area (Å²) in [6.07, 6.45) is 0. The summed E-state index contributed by atoms with van der Waals surface area (Å²) in [5.74, 6) is 1.77. The van der Waals surface area contributed by atoms with Crippen LogP contribution in [0, 0.1) is 27.7 Å². The summed E-state index contributed by atoms with van der Waals surface area (Å²) in [7, 11) is 0. The number of rotatable bonds is 12. The van der Waals surface area contributed by atoms with Gasteiger partial charge in [-0.15, -0.1) is 0 Å². The normalized spacial score (nSPS) is 12.4. The summed E-state index contributed by atoms with van der Waals surface area (Å²) in [5, 5.41) is 20.5. The van der Waals surface area contributed by atoms with Crippen LogP contribution in [0.4, 0.5) is 34.1 Å². The molecular weight excluding hydrogens is 1530 g/mol. The molecule has 0 bridgehead atoms. The van der Waals surface area contributed by atoms with Crippen LogP contribution in [-0.2, 0) is 10.8 Å². The van der Waals surface area contributed by atoms with Gasteiger partial charge in [-0.05, 0) is 222 Å². The number of aryl methyl sites for hydroxylation is 4. The van der Waals surface area contributed by atoms with E-state index in [1.807, 2.05) is 0 Å². The molecule has 0 aliphatic carbocycles. The maximum Gasteiger partial charge on any atom is 0.159 e. The SMILES string of the molecule is Cc1ccc(C)c(N(c2ccc3ccc4c(N(c5cc(C)c(-c6ccc7c(c6)c6ccccc6c6c7nc(-c7ccc(-c8cccc(-n9c(-c%10ccc(C(C)(C)C)cc%10)nc%10c%11ccccc%11c%11ccccc%11c%109)c8)cc7)n6-c6ccc(C(C)(C)C)cc6)cc5C)c5cccc6c5oc5ccccc56)ccc5ccc2c3c54)c2cccc3c2oc2ccccc23)c1. The molecule has 0 atom stereocenters. The molecule has 0 unspecified atom stereocenters. The van der Waals surface area contributed by atoms with Crippen molar-refractivity contribution in [2.45, 2.75) is 80.1 Å². The van der Waals surface area contributed by atoms with E-state index in [9.17, 15) is 0 Å². The highest BCUT2D eigenvalue weighted by molar-refractivity contribution is 6.30. The summed E-state index contributed by atoms with van der Waals surface area (Å²) in [6, 6.07) is 130. The molecule has 0 spiro atoms. The lowest BCUT2D eigenvalue weighted by Gasteiger charge is -2.31. The third kappa shape index (κ3) is 11.6. The number of hydrogen-bond acceptors (Lipinski definition) is 6. The molecule has 4 heterocycles. The first kappa shape index (κ1) is 74.5. The maximum atomic E-state index is 7.09. The molecule has 20 aromatic carbocycles. The van der Waals surface area contributed by atoms with Gasteiger partial charge in [0.1, 0.15) is 22.8 Å². The number of benzene rings is 20. The van der Waals surface area contributed by atoms with Crippen molar-refractivity contribution in [3.8, 4) is 56.4 Å². The molecule has 126 heavy (non-hydrogen) atoms. The second kappa shape index (κ2) is 28.1. The second-order valence-electron chi connectivity index (χ2n) is 36.6. The van der Waals surface area contributed by atoms with Gasteiger partial charge in [-0.1, -0.05) is 308 Å². The van der Waals surface area contributed by atoms with Gasteiger partial charge in [0.2, 0.25) is 0 Å². The molecule has 24 rings (SSSR count). The first-order valence-electron chi connectivity index (χ1n) is 43.8. The highest BCUT2D eigenvalue weighted by Crippen LogP contribution is 2.54. The Bertz CT molecular complexity index is 8660. The van der Waals surface area contributed by atoms with Crippen LogP contribution in [0.15, 0.2) is 361 Å². The molecule has 0 aliphatic rings. The Morgan fingerprint density at radius 3 is 1.25 bits per heavy atom. The van der Waals surface area contributed by atoms with Crippen molar-refractivity contribution in [2.75, 3.05) is 9.80 Å². The number of hydrogen-bond donors (Lipinski definition) is 0. The van der Waals surface area contributed by atoms with Gasteiger partial charge in [0, 0.05) is 87.7 Å². The number of nitrogens with zero attached hydrogens (tertiary/aromatic N) is 6. The summed E-state index contributed by atoms with van der Waals surface area (Å²) in [5.41, 5.74) is 29.4. The van der Waals surface area contributed by atoms with Crippen LogP contribution in [0.2, 0.25) is 0 Å². The number of para-hydroxylation sites is 4. The van der Waals surface area contributed by atoms with Crippen molar-refractivity contribution < 1.29 is 8.83 Å². The predicted molar refractivity (Wildman–Crippen MR) is 531 cm³/mol. The standard InChI is InChI=1S/C118H88N6O2/c1-69-40-41-70(2)103(64-69)123(101-36-22-34-93-87-29-17-19-38-105(87)125-113(93)101)99-62-51-74-49-61-96-100(63-52-75-48-60-95(99)107(74)108(75)96)124(102-37-23-35-94-88-30-18-20-39-106(88)126-114(94)102)104-66-71(3)97(65-72(104)4)79-50-59-90-98(68-79)86-28-13-16-33-92(86)111-110(90)120-115(121(111)82-57-55-81(56-58-82)118(8,9)10)76-44-42-73(43-45-76)78-24-21-25-83(67-78)122-112-91-32-15-12-27-85(91)84-26-11-14-31-89(84)109(112)119-116(122)77-46-53-80(54-47-77)117(5,6)7/h11-68H,1-10H3. The fraction of sp³-hybridized carbons (Fsp3) is 0.102. The first-order chi connectivity index (χ1) is 61.4. The Morgan fingerprint density at radius 1 is 0.262 bits per heavy atom. The molecule has 24 aromatic rings. The maximum absolute atomic E-state index is 7.09. The molecule has 0 N–H and O–H groups in total. The topological polar surface area (TPSA) is 68.4 Å². The van der Waals surface area contributed by atoms with Gasteiger partial charge in [0.05, 0.1) is 44.8 Å². The van der Waals surface area contributed by atoms with E-state index in [-0.39, 0.29) is 10.8 Å². The van der Waals surface area contributed by atoms with Crippen LogP contribution >= 0.6 is 0 Å². The highest BCUT2D eigenvalue weighted by Gasteiger charge is 2.31. The summed E-state index contributed by atoms with van der Waals surface area (Å²) in [6.45, 7) is 22.6. The predicted octanol–water partition coefficient (Wildman–Crippen LogP) is 33.1. The second-order valence-corrected chi connectivity index (χ2v) is 36.6. The van der Waals surface area contributed by atoms with E-state index >= 15 is 0 Å². The van der Waals surface area contributed by atoms with Crippen molar-refractivity contribution >= 4 is 175 Å². The van der Waals surface area contributed by atoms with Crippen molar-refractivity contribution in [2.24, 2.45) is 0 Å². The molecule has 0 amide bonds. The van der Waals surface area contributed by atoms with Gasteiger partial charge in [0.15, 0.2) is 11.2 Å². The molecule has 0 saturated carbocycles. The van der Waals surface area contributed by atoms with E-state index in [2.05, 4.69) is 440 Å². The van der Waals surface area contributed by atoms with Gasteiger partial charge in [-0.2, -0.15) is 0 Å². The van der Waals surface area contributed by atoms with Gasteiger partial charge >= 0.3 is 0 Å². The van der Waals surface area contributed by atoms with E-state index in [0.717, 1.165) is 222 Å². The molecule has 4 aromatic heterocycles. The average molecular weight is 1620 g/mol. The van der Waals surface area contributed by atoms with Crippen LogP contribution in [0.3, 0.4) is 0 Å². The largest absolute Gasteiger partial charge is 0.454 e. The zero-order valence-corrected chi connectivity index (χ0v) is 72.0. The molecule has 602 valence electrons. The van der Waals surface area contributed by atoms with Gasteiger partial charge in [0.25, 0.3) is 0 Å². The Labute approximate surface area is 730 Å².